The Labute approximate surface area is 240 Å². The average Bonchev–Trinajstić information content (AvgIpc) is 3.64. The molecule has 214 valence electrons. The fourth-order valence-corrected chi connectivity index (χ4v) is 5.94. The van der Waals surface area contributed by atoms with E-state index in [-0.39, 0.29) is 18.9 Å². The Morgan fingerprint density at radius 3 is 2.80 bits per heavy atom. The minimum Gasteiger partial charge on any atom is -0.497 e. The van der Waals surface area contributed by atoms with Crippen LogP contribution in [0.3, 0.4) is 0 Å². The number of fused-ring (bicyclic) bond motifs is 2. The van der Waals surface area contributed by atoms with Gasteiger partial charge in [-0.25, -0.2) is 9.78 Å². The molecule has 3 N–H and O–H groups in total. The molecule has 0 saturated carbocycles. The Hall–Kier alpha value is -4.00. The molecule has 4 aromatic rings. The second-order valence-corrected chi connectivity index (χ2v) is 11.8. The Balaban J connectivity index is 1.36. The first-order chi connectivity index (χ1) is 19.6. The Kier molecular flexibility index (Phi) is 6.92. The van der Waals surface area contributed by atoms with Gasteiger partial charge in [-0.1, -0.05) is 0 Å². The highest BCUT2D eigenvalue weighted by atomic mass is 32.2. The Bertz CT molecular complexity index is 1680. The first-order valence-corrected chi connectivity index (χ1v) is 14.1. The molecule has 0 spiro atoms. The van der Waals surface area contributed by atoms with Gasteiger partial charge in [-0.2, -0.15) is 5.06 Å². The summed E-state index contributed by atoms with van der Waals surface area (Å²) >= 11 is 1.35. The number of ketones is 1. The van der Waals surface area contributed by atoms with Gasteiger partial charge < -0.3 is 29.2 Å². The molecular formula is C29H31N5O6S. The van der Waals surface area contributed by atoms with Crippen molar-refractivity contribution in [1.29, 1.82) is 0 Å². The van der Waals surface area contributed by atoms with Gasteiger partial charge in [-0.3, -0.25) is 9.63 Å². The van der Waals surface area contributed by atoms with E-state index >= 15 is 0 Å². The van der Waals surface area contributed by atoms with Crippen LogP contribution >= 0.6 is 11.8 Å². The number of benzene rings is 1. The standard InChI is InChI=1S/C29H31N5O6S/c1-6-38-27(36)26-25-16(12-30-26)23(24-19(31-25)13-34(14-20(24)35)40-29(2,3)4)21-9-10-22(39-21)41-28-32-17-8-7-15(37-5)11-18(17)33-28/h7-12,23,30-31H,6,13-14H2,1-5H3,(H,32,33). The predicted molar refractivity (Wildman–Crippen MR) is 152 cm³/mol. The number of nitrogens with zero attached hydrogens (tertiary/aromatic N) is 2. The molecule has 3 aromatic heterocycles. The number of hydrogen-bond donors (Lipinski definition) is 3. The molecule has 0 fully saturated rings. The number of imidazole rings is 1. The van der Waals surface area contributed by atoms with E-state index in [0.717, 1.165) is 22.3 Å². The Morgan fingerprint density at radius 2 is 2.05 bits per heavy atom. The molecule has 0 radical (unpaired) electrons. The summed E-state index contributed by atoms with van der Waals surface area (Å²) in [6.45, 7) is 8.23. The van der Waals surface area contributed by atoms with E-state index in [2.05, 4.69) is 20.3 Å². The van der Waals surface area contributed by atoms with E-state index < -0.39 is 17.5 Å². The number of carbonyl (C=O) groups excluding carboxylic acids is 2. The topological polar surface area (TPSA) is 135 Å². The van der Waals surface area contributed by atoms with Crippen molar-refractivity contribution in [3.8, 4) is 5.75 Å². The number of furan rings is 1. The second-order valence-electron chi connectivity index (χ2n) is 10.8. The van der Waals surface area contributed by atoms with Crippen LogP contribution in [0.4, 0.5) is 5.69 Å². The van der Waals surface area contributed by atoms with Crippen molar-refractivity contribution in [3.05, 3.63) is 64.8 Å². The number of methoxy groups -OCH3 is 1. The number of nitrogens with one attached hydrogen (secondary N) is 3. The normalized spacial score (nSPS) is 17.4. The maximum atomic E-state index is 13.6. The molecule has 2 aliphatic heterocycles. The first-order valence-electron chi connectivity index (χ1n) is 13.3. The van der Waals surface area contributed by atoms with Gasteiger partial charge in [0.2, 0.25) is 0 Å². The highest BCUT2D eigenvalue weighted by molar-refractivity contribution is 7.99. The number of aromatic amines is 2. The van der Waals surface area contributed by atoms with E-state index in [4.69, 9.17) is 18.7 Å². The fraction of sp³-hybridized carbons (Fsp3) is 0.345. The summed E-state index contributed by atoms with van der Waals surface area (Å²) in [5.41, 5.74) is 4.01. The van der Waals surface area contributed by atoms with Crippen LogP contribution in [0.15, 0.2) is 62.5 Å². The smallest absolute Gasteiger partial charge is 0.356 e. The van der Waals surface area contributed by atoms with Gasteiger partial charge in [0.1, 0.15) is 17.2 Å². The number of Topliss-reactive ketones (excluding diaryl/α,β-unsaturated/α-hetero) is 1. The number of hydroxylamine groups is 2. The lowest BCUT2D eigenvalue weighted by molar-refractivity contribution is -0.223. The number of anilines is 1. The van der Waals surface area contributed by atoms with Gasteiger partial charge in [0, 0.05) is 29.1 Å². The summed E-state index contributed by atoms with van der Waals surface area (Å²) in [6.07, 6.45) is 1.73. The van der Waals surface area contributed by atoms with Gasteiger partial charge in [-0.15, -0.1) is 0 Å². The fourth-order valence-electron chi connectivity index (χ4n) is 5.17. The molecule has 41 heavy (non-hydrogen) atoms. The maximum absolute atomic E-state index is 13.6. The quantitative estimate of drug-likeness (QED) is 0.250. The molecule has 0 amide bonds. The zero-order chi connectivity index (χ0) is 28.9. The van der Waals surface area contributed by atoms with Crippen molar-refractivity contribution in [2.75, 3.05) is 32.1 Å². The number of hydrogen-bond acceptors (Lipinski definition) is 10. The lowest BCUT2D eigenvalue weighted by Gasteiger charge is -2.38. The zero-order valence-electron chi connectivity index (χ0n) is 23.4. The van der Waals surface area contributed by atoms with E-state index in [1.165, 1.54) is 11.8 Å². The minimum atomic E-state index is -0.528. The molecule has 1 atom stereocenters. The van der Waals surface area contributed by atoms with Gasteiger partial charge >= 0.3 is 5.97 Å². The third-order valence-corrected chi connectivity index (χ3v) is 7.51. The van der Waals surface area contributed by atoms with Crippen LogP contribution in [0.1, 0.15) is 55.4 Å². The van der Waals surface area contributed by atoms with Gasteiger partial charge in [0.15, 0.2) is 16.0 Å². The van der Waals surface area contributed by atoms with Crippen molar-refractivity contribution in [2.24, 2.45) is 0 Å². The summed E-state index contributed by atoms with van der Waals surface area (Å²) in [6, 6.07) is 9.37. The van der Waals surface area contributed by atoms with Crippen molar-refractivity contribution in [3.63, 3.8) is 0 Å². The summed E-state index contributed by atoms with van der Waals surface area (Å²) in [4.78, 5) is 43.4. The van der Waals surface area contributed by atoms with E-state index in [9.17, 15) is 9.59 Å². The third kappa shape index (κ3) is 5.25. The highest BCUT2D eigenvalue weighted by Crippen LogP contribution is 2.46. The minimum absolute atomic E-state index is 0.0885. The van der Waals surface area contributed by atoms with Gasteiger partial charge in [0.05, 0.1) is 55.0 Å². The molecule has 1 aromatic carbocycles. The molecular weight excluding hydrogens is 546 g/mol. The largest absolute Gasteiger partial charge is 0.497 e. The molecule has 1 unspecified atom stereocenters. The molecule has 0 bridgehead atoms. The number of H-pyrrole nitrogens is 2. The predicted octanol–water partition coefficient (Wildman–Crippen LogP) is 5.25. The monoisotopic (exact) mass is 577 g/mol. The molecule has 6 rings (SSSR count). The molecule has 5 heterocycles. The van der Waals surface area contributed by atoms with Crippen molar-refractivity contribution >= 4 is 40.2 Å². The van der Waals surface area contributed by atoms with Crippen molar-refractivity contribution < 1.29 is 28.3 Å². The van der Waals surface area contributed by atoms with Crippen LogP contribution in [0.2, 0.25) is 0 Å². The van der Waals surface area contributed by atoms with E-state index in [0.29, 0.717) is 45.2 Å². The zero-order valence-corrected chi connectivity index (χ0v) is 24.2. The van der Waals surface area contributed by atoms with E-state index in [1.54, 1.807) is 25.3 Å². The number of rotatable bonds is 7. The van der Waals surface area contributed by atoms with Crippen LogP contribution in [-0.4, -0.2) is 64.2 Å². The van der Waals surface area contributed by atoms with Gasteiger partial charge in [-0.05, 0) is 63.7 Å². The SMILES string of the molecule is CCOC(=O)c1[nH]cc2c1NC1=C(C(=O)CN(OC(C)(C)C)C1)C2c1ccc(Sc2nc3cc(OC)ccc3[nH]2)o1. The number of carbonyl (C=O) groups is 2. The van der Waals surface area contributed by atoms with Crippen molar-refractivity contribution in [1.82, 2.24) is 20.0 Å². The summed E-state index contributed by atoms with van der Waals surface area (Å²) in [7, 11) is 1.62. The lowest BCUT2D eigenvalue weighted by atomic mass is 9.81. The van der Waals surface area contributed by atoms with Crippen LogP contribution < -0.4 is 10.1 Å². The van der Waals surface area contributed by atoms with Crippen molar-refractivity contribution in [2.45, 2.75) is 49.5 Å². The highest BCUT2D eigenvalue weighted by Gasteiger charge is 2.42. The van der Waals surface area contributed by atoms with Crippen LogP contribution in [0.5, 0.6) is 5.75 Å². The third-order valence-electron chi connectivity index (χ3n) is 6.70. The molecule has 12 heteroatoms. The second kappa shape index (κ2) is 10.4. The van der Waals surface area contributed by atoms with Crippen LogP contribution in [-0.2, 0) is 14.4 Å². The summed E-state index contributed by atoms with van der Waals surface area (Å²) in [5.74, 6) is 0.206. The number of esters is 1. The molecule has 0 saturated heterocycles. The number of aromatic nitrogens is 3. The molecule has 11 nitrogen and oxygen atoms in total. The number of ether oxygens (including phenoxy) is 2. The van der Waals surface area contributed by atoms with E-state index in [1.807, 2.05) is 51.1 Å². The Morgan fingerprint density at radius 1 is 1.22 bits per heavy atom. The molecule has 0 aliphatic carbocycles. The average molecular weight is 578 g/mol. The maximum Gasteiger partial charge on any atom is 0.356 e. The molecule has 2 aliphatic rings. The van der Waals surface area contributed by atoms with Crippen LogP contribution in [0, 0.1) is 0 Å². The summed E-state index contributed by atoms with van der Waals surface area (Å²) < 4.78 is 16.9. The first kappa shape index (κ1) is 27.2. The van der Waals surface area contributed by atoms with Gasteiger partial charge in [0.25, 0.3) is 0 Å². The summed E-state index contributed by atoms with van der Waals surface area (Å²) in [5, 5.41) is 6.25. The lowest BCUT2D eigenvalue weighted by Crippen LogP contribution is -2.45. The van der Waals surface area contributed by atoms with Crippen LogP contribution in [0.25, 0.3) is 11.0 Å².